The SMILES string of the molecule is CC(C)NC1(C(N)=O)CCCN(C)CC1. The van der Waals surface area contributed by atoms with Gasteiger partial charge in [0.25, 0.3) is 0 Å². The van der Waals surface area contributed by atoms with Gasteiger partial charge in [-0.3, -0.25) is 4.79 Å². The number of nitrogens with two attached hydrogens (primary N) is 1. The first-order valence-electron chi connectivity index (χ1n) is 5.72. The molecule has 0 aromatic heterocycles. The Morgan fingerprint density at radius 2 is 2.07 bits per heavy atom. The minimum Gasteiger partial charge on any atom is -0.368 e. The Hall–Kier alpha value is -0.610. The van der Waals surface area contributed by atoms with Crippen LogP contribution in [0.4, 0.5) is 0 Å². The number of nitrogens with zero attached hydrogens (tertiary/aromatic N) is 1. The van der Waals surface area contributed by atoms with Crippen molar-refractivity contribution in [2.45, 2.75) is 44.7 Å². The molecule has 1 heterocycles. The summed E-state index contributed by atoms with van der Waals surface area (Å²) in [4.78, 5) is 13.9. The highest BCUT2D eigenvalue weighted by Gasteiger charge is 2.37. The van der Waals surface area contributed by atoms with Crippen LogP contribution in [0.15, 0.2) is 0 Å². The third-order valence-corrected chi connectivity index (χ3v) is 3.10. The Balaban J connectivity index is 2.75. The molecule has 1 rings (SSSR count). The average Bonchev–Trinajstić information content (AvgIpc) is 2.28. The number of hydrogen-bond donors (Lipinski definition) is 2. The van der Waals surface area contributed by atoms with Crippen molar-refractivity contribution >= 4 is 5.91 Å². The molecule has 0 radical (unpaired) electrons. The smallest absolute Gasteiger partial charge is 0.237 e. The van der Waals surface area contributed by atoms with E-state index in [2.05, 4.69) is 31.1 Å². The number of carbonyl (C=O) groups is 1. The third-order valence-electron chi connectivity index (χ3n) is 3.10. The maximum atomic E-state index is 11.6. The Morgan fingerprint density at radius 1 is 1.40 bits per heavy atom. The van der Waals surface area contributed by atoms with E-state index in [1.165, 1.54) is 0 Å². The Kier molecular flexibility index (Phi) is 4.11. The minimum atomic E-state index is -0.487. The summed E-state index contributed by atoms with van der Waals surface area (Å²) in [6.45, 7) is 6.09. The molecule has 0 saturated carbocycles. The molecule has 15 heavy (non-hydrogen) atoms. The number of nitrogens with one attached hydrogen (secondary N) is 1. The maximum absolute atomic E-state index is 11.6. The van der Waals surface area contributed by atoms with Crippen molar-refractivity contribution < 1.29 is 4.79 Å². The van der Waals surface area contributed by atoms with Crippen molar-refractivity contribution in [1.82, 2.24) is 10.2 Å². The van der Waals surface area contributed by atoms with Crippen molar-refractivity contribution in [2.24, 2.45) is 5.73 Å². The molecular weight excluding hydrogens is 190 g/mol. The van der Waals surface area contributed by atoms with Crippen molar-refractivity contribution in [3.8, 4) is 0 Å². The van der Waals surface area contributed by atoms with Crippen molar-refractivity contribution in [3.63, 3.8) is 0 Å². The number of hydrogen-bond acceptors (Lipinski definition) is 3. The largest absolute Gasteiger partial charge is 0.368 e. The second-order valence-corrected chi connectivity index (χ2v) is 4.90. The lowest BCUT2D eigenvalue weighted by Crippen LogP contribution is -2.58. The fourth-order valence-corrected chi connectivity index (χ4v) is 2.28. The molecule has 1 aliphatic heterocycles. The van der Waals surface area contributed by atoms with E-state index in [1.807, 2.05) is 0 Å². The van der Waals surface area contributed by atoms with Crippen LogP contribution in [0.2, 0.25) is 0 Å². The molecule has 3 N–H and O–H groups in total. The zero-order valence-electron chi connectivity index (χ0n) is 10.0. The van der Waals surface area contributed by atoms with E-state index in [-0.39, 0.29) is 5.91 Å². The summed E-state index contributed by atoms with van der Waals surface area (Å²) in [6.07, 6.45) is 2.70. The molecule has 0 aliphatic carbocycles. The summed E-state index contributed by atoms with van der Waals surface area (Å²) in [5.41, 5.74) is 5.06. The molecule has 1 saturated heterocycles. The molecule has 4 heteroatoms. The highest BCUT2D eigenvalue weighted by Crippen LogP contribution is 2.22. The lowest BCUT2D eigenvalue weighted by molar-refractivity contribution is -0.125. The average molecular weight is 213 g/mol. The second kappa shape index (κ2) is 4.94. The maximum Gasteiger partial charge on any atom is 0.237 e. The fourth-order valence-electron chi connectivity index (χ4n) is 2.28. The molecule has 0 aromatic carbocycles. The molecule has 0 spiro atoms. The van der Waals surface area contributed by atoms with Gasteiger partial charge in [0.15, 0.2) is 0 Å². The topological polar surface area (TPSA) is 58.4 Å². The minimum absolute atomic E-state index is 0.202. The zero-order valence-corrected chi connectivity index (χ0v) is 10.0. The predicted molar refractivity (Wildman–Crippen MR) is 61.5 cm³/mol. The highest BCUT2D eigenvalue weighted by molar-refractivity contribution is 5.84. The van der Waals surface area contributed by atoms with Gasteiger partial charge in [0.1, 0.15) is 0 Å². The van der Waals surface area contributed by atoms with Crippen LogP contribution in [-0.4, -0.2) is 42.5 Å². The van der Waals surface area contributed by atoms with Crippen molar-refractivity contribution in [2.75, 3.05) is 20.1 Å². The molecule has 0 bridgehead atoms. The van der Waals surface area contributed by atoms with E-state index in [4.69, 9.17) is 5.73 Å². The standard InChI is InChI=1S/C11H23N3O/c1-9(2)13-11(10(12)15)5-4-7-14(3)8-6-11/h9,13H,4-8H2,1-3H3,(H2,12,15). The van der Waals surface area contributed by atoms with Crippen molar-refractivity contribution in [1.29, 1.82) is 0 Å². The Morgan fingerprint density at radius 3 is 2.60 bits per heavy atom. The molecule has 0 aromatic rings. The van der Waals surface area contributed by atoms with Gasteiger partial charge in [0.05, 0.1) is 5.54 Å². The summed E-state index contributed by atoms with van der Waals surface area (Å²) in [5, 5.41) is 3.35. The number of primary amides is 1. The van der Waals surface area contributed by atoms with Crippen LogP contribution in [0, 0.1) is 0 Å². The van der Waals surface area contributed by atoms with Gasteiger partial charge in [0.2, 0.25) is 5.91 Å². The molecule has 1 atom stereocenters. The van der Waals surface area contributed by atoms with Gasteiger partial charge in [-0.2, -0.15) is 0 Å². The summed E-state index contributed by atoms with van der Waals surface area (Å²) in [5.74, 6) is -0.202. The number of rotatable bonds is 3. The van der Waals surface area contributed by atoms with E-state index < -0.39 is 5.54 Å². The predicted octanol–water partition coefficient (Wildman–Crippen LogP) is 0.324. The normalized spacial score (nSPS) is 29.1. The van der Waals surface area contributed by atoms with Gasteiger partial charge in [-0.05, 0) is 46.7 Å². The van der Waals surface area contributed by atoms with Crippen LogP contribution in [0.1, 0.15) is 33.1 Å². The quantitative estimate of drug-likeness (QED) is 0.710. The van der Waals surface area contributed by atoms with Gasteiger partial charge in [-0.25, -0.2) is 0 Å². The summed E-state index contributed by atoms with van der Waals surface area (Å²) in [6, 6.07) is 0.293. The second-order valence-electron chi connectivity index (χ2n) is 4.90. The van der Waals surface area contributed by atoms with E-state index in [9.17, 15) is 4.79 Å². The molecule has 1 unspecified atom stereocenters. The van der Waals surface area contributed by atoms with Crippen LogP contribution in [-0.2, 0) is 4.79 Å². The molecule has 88 valence electrons. The lowest BCUT2D eigenvalue weighted by atomic mass is 9.89. The van der Waals surface area contributed by atoms with E-state index in [0.717, 1.165) is 32.4 Å². The van der Waals surface area contributed by atoms with Crippen LogP contribution >= 0.6 is 0 Å². The zero-order chi connectivity index (χ0) is 11.5. The van der Waals surface area contributed by atoms with E-state index >= 15 is 0 Å². The first-order valence-corrected chi connectivity index (χ1v) is 5.72. The van der Waals surface area contributed by atoms with Crippen LogP contribution in [0.3, 0.4) is 0 Å². The number of carbonyl (C=O) groups excluding carboxylic acids is 1. The third kappa shape index (κ3) is 3.18. The summed E-state index contributed by atoms with van der Waals surface area (Å²) >= 11 is 0. The highest BCUT2D eigenvalue weighted by atomic mass is 16.1. The van der Waals surface area contributed by atoms with Crippen LogP contribution in [0.25, 0.3) is 0 Å². The molecule has 1 amide bonds. The number of likely N-dealkylation sites (tertiary alicyclic amines) is 1. The van der Waals surface area contributed by atoms with Gasteiger partial charge in [-0.15, -0.1) is 0 Å². The Bertz CT molecular complexity index is 230. The van der Waals surface area contributed by atoms with Gasteiger partial charge in [0, 0.05) is 12.6 Å². The monoisotopic (exact) mass is 213 g/mol. The fraction of sp³-hybridized carbons (Fsp3) is 0.909. The van der Waals surface area contributed by atoms with Crippen molar-refractivity contribution in [3.05, 3.63) is 0 Å². The van der Waals surface area contributed by atoms with Crippen LogP contribution in [0.5, 0.6) is 0 Å². The van der Waals surface area contributed by atoms with Crippen LogP contribution < -0.4 is 11.1 Å². The first kappa shape index (κ1) is 12.5. The first-order chi connectivity index (χ1) is 6.96. The van der Waals surface area contributed by atoms with Gasteiger partial charge < -0.3 is 16.0 Å². The number of amides is 1. The molecule has 1 fully saturated rings. The van der Waals surface area contributed by atoms with Gasteiger partial charge in [-0.1, -0.05) is 0 Å². The summed E-state index contributed by atoms with van der Waals surface area (Å²) in [7, 11) is 2.09. The van der Waals surface area contributed by atoms with E-state index in [0.29, 0.717) is 6.04 Å². The molecule has 4 nitrogen and oxygen atoms in total. The molecule has 1 aliphatic rings. The van der Waals surface area contributed by atoms with E-state index in [1.54, 1.807) is 0 Å². The lowest BCUT2D eigenvalue weighted by Gasteiger charge is -2.32. The Labute approximate surface area is 92.2 Å². The summed E-state index contributed by atoms with van der Waals surface area (Å²) < 4.78 is 0. The van der Waals surface area contributed by atoms with Gasteiger partial charge >= 0.3 is 0 Å². The molecular formula is C11H23N3O.